The molecule has 0 spiro atoms. The molecule has 0 radical (unpaired) electrons. The van der Waals surface area contributed by atoms with E-state index in [9.17, 15) is 0 Å². The lowest BCUT2D eigenvalue weighted by atomic mass is 9.81. The molecule has 3 unspecified atom stereocenters. The average molecular weight is 148 g/mol. The quantitative estimate of drug-likeness (QED) is 0.501. The zero-order chi connectivity index (χ0) is 8.01. The maximum Gasteiger partial charge on any atom is 0.00301 e. The van der Waals surface area contributed by atoms with Gasteiger partial charge in [0.25, 0.3) is 0 Å². The molecule has 0 N–H and O–H groups in total. The highest BCUT2D eigenvalue weighted by molar-refractivity contribution is 5.26. The van der Waals surface area contributed by atoms with Crippen LogP contribution in [0.25, 0.3) is 0 Å². The molecule has 0 amide bonds. The monoisotopic (exact) mass is 148 g/mol. The van der Waals surface area contributed by atoms with Gasteiger partial charge in [-0.3, -0.25) is 0 Å². The molecular weight excluding hydrogens is 132 g/mol. The summed E-state index contributed by atoms with van der Waals surface area (Å²) in [6.45, 7) is 10.4. The van der Waals surface area contributed by atoms with E-state index in [0.717, 1.165) is 11.8 Å². The maximum atomic E-state index is 4.18. The molecule has 2 aliphatic rings. The van der Waals surface area contributed by atoms with Crippen molar-refractivity contribution in [3.05, 3.63) is 24.3 Å². The van der Waals surface area contributed by atoms with Crippen molar-refractivity contribution in [1.29, 1.82) is 0 Å². The molecule has 0 nitrogen and oxygen atoms in total. The fourth-order valence-corrected chi connectivity index (χ4v) is 2.93. The van der Waals surface area contributed by atoms with E-state index in [0.29, 0.717) is 5.92 Å². The molecule has 0 heteroatoms. The van der Waals surface area contributed by atoms with E-state index >= 15 is 0 Å². The van der Waals surface area contributed by atoms with E-state index < -0.39 is 0 Å². The third-order valence-electron chi connectivity index (χ3n) is 3.40. The third-order valence-corrected chi connectivity index (χ3v) is 3.40. The average Bonchev–Trinajstić information content (AvgIpc) is 2.44. The van der Waals surface area contributed by atoms with Crippen LogP contribution in [-0.2, 0) is 0 Å². The van der Waals surface area contributed by atoms with Gasteiger partial charge in [-0.1, -0.05) is 24.3 Å². The van der Waals surface area contributed by atoms with Crippen LogP contribution < -0.4 is 0 Å². The van der Waals surface area contributed by atoms with Gasteiger partial charge in [-0.25, -0.2) is 0 Å². The van der Waals surface area contributed by atoms with Gasteiger partial charge in [0.15, 0.2) is 0 Å². The highest BCUT2D eigenvalue weighted by Crippen LogP contribution is 2.53. The summed E-state index contributed by atoms with van der Waals surface area (Å²) >= 11 is 0. The molecule has 2 saturated carbocycles. The summed E-state index contributed by atoms with van der Waals surface area (Å²) in [7, 11) is 0. The van der Waals surface area contributed by atoms with Crippen molar-refractivity contribution in [2.45, 2.75) is 26.2 Å². The summed E-state index contributed by atoms with van der Waals surface area (Å²) in [4.78, 5) is 0. The van der Waals surface area contributed by atoms with Gasteiger partial charge in [0.2, 0.25) is 0 Å². The Hall–Kier alpha value is -0.520. The summed E-state index contributed by atoms with van der Waals surface area (Å²) in [5.41, 5.74) is 2.82. The molecule has 0 aromatic rings. The van der Waals surface area contributed by atoms with E-state index in [1.54, 1.807) is 0 Å². The van der Waals surface area contributed by atoms with Crippen LogP contribution in [-0.4, -0.2) is 0 Å². The Bertz CT molecular complexity index is 212. The Balaban J connectivity index is 2.24. The lowest BCUT2D eigenvalue weighted by molar-refractivity contribution is 0.455. The van der Waals surface area contributed by atoms with Gasteiger partial charge in [0.1, 0.15) is 0 Å². The lowest BCUT2D eigenvalue weighted by Gasteiger charge is -2.24. The fraction of sp³-hybridized carbons (Fsp3) is 0.636. The molecule has 0 aromatic carbocycles. The number of hydrogen-bond donors (Lipinski definition) is 0. The smallest absolute Gasteiger partial charge is 0.00301 e. The van der Waals surface area contributed by atoms with Gasteiger partial charge in [0.05, 0.1) is 0 Å². The second-order valence-corrected chi connectivity index (χ2v) is 4.17. The first-order valence-corrected chi connectivity index (χ1v) is 4.54. The lowest BCUT2D eigenvalue weighted by Crippen LogP contribution is -2.13. The largest absolute Gasteiger partial charge is 0.0995 e. The molecular formula is C11H16. The summed E-state index contributed by atoms with van der Waals surface area (Å²) in [6.07, 6.45) is 4.21. The molecule has 60 valence electrons. The molecule has 2 rings (SSSR count). The molecule has 2 bridgehead atoms. The van der Waals surface area contributed by atoms with Crippen LogP contribution in [0.2, 0.25) is 0 Å². The summed E-state index contributed by atoms with van der Waals surface area (Å²) in [5.74, 6) is 2.43. The maximum absolute atomic E-state index is 4.18. The molecule has 11 heavy (non-hydrogen) atoms. The third kappa shape index (κ3) is 0.885. The summed E-state index contributed by atoms with van der Waals surface area (Å²) in [5, 5.41) is 0. The Morgan fingerprint density at radius 1 is 1.45 bits per heavy atom. The summed E-state index contributed by atoms with van der Waals surface area (Å²) < 4.78 is 0. The minimum absolute atomic E-state index is 0.675. The molecule has 0 saturated heterocycles. The van der Waals surface area contributed by atoms with Crippen LogP contribution in [0.5, 0.6) is 0 Å². The van der Waals surface area contributed by atoms with Crippen molar-refractivity contribution in [3.8, 4) is 0 Å². The molecule has 0 heterocycles. The highest BCUT2D eigenvalue weighted by Gasteiger charge is 2.42. The van der Waals surface area contributed by atoms with Crippen LogP contribution in [0.3, 0.4) is 0 Å². The number of allylic oxidation sites excluding steroid dienone is 2. The Kier molecular flexibility index (Phi) is 1.45. The van der Waals surface area contributed by atoms with Crippen molar-refractivity contribution in [1.82, 2.24) is 0 Å². The first-order valence-electron chi connectivity index (χ1n) is 4.54. The molecule has 0 aliphatic heterocycles. The fourth-order valence-electron chi connectivity index (χ4n) is 2.93. The Morgan fingerprint density at radius 2 is 2.18 bits per heavy atom. The number of rotatable bonds is 1. The van der Waals surface area contributed by atoms with Crippen LogP contribution in [0.1, 0.15) is 26.2 Å². The Morgan fingerprint density at radius 3 is 2.55 bits per heavy atom. The van der Waals surface area contributed by atoms with Gasteiger partial charge >= 0.3 is 0 Å². The van der Waals surface area contributed by atoms with Gasteiger partial charge in [-0.15, -0.1) is 0 Å². The topological polar surface area (TPSA) is 0 Å². The zero-order valence-corrected chi connectivity index (χ0v) is 7.27. The van der Waals surface area contributed by atoms with Crippen LogP contribution >= 0.6 is 0 Å². The number of fused-ring (bicyclic) bond motifs is 2. The normalized spacial score (nSPS) is 41.5. The van der Waals surface area contributed by atoms with E-state index in [1.165, 1.54) is 30.4 Å². The first-order chi connectivity index (χ1) is 5.20. The second kappa shape index (κ2) is 2.23. The highest BCUT2D eigenvalue weighted by atomic mass is 14.5. The van der Waals surface area contributed by atoms with E-state index in [1.807, 2.05) is 0 Å². The van der Waals surface area contributed by atoms with Crippen molar-refractivity contribution >= 4 is 0 Å². The predicted octanol–water partition coefficient (Wildman–Crippen LogP) is 3.16. The number of hydrogen-bond acceptors (Lipinski definition) is 0. The predicted molar refractivity (Wildman–Crippen MR) is 48.3 cm³/mol. The standard InChI is InChI=1S/C11H16/c1-7(2)11-8(3)9-4-5-10(11)6-9/h9-11H,1,3-6H2,2H3. The summed E-state index contributed by atoms with van der Waals surface area (Å²) in [6, 6.07) is 0. The molecule has 2 aliphatic carbocycles. The van der Waals surface area contributed by atoms with Crippen molar-refractivity contribution in [2.24, 2.45) is 17.8 Å². The van der Waals surface area contributed by atoms with E-state index in [4.69, 9.17) is 0 Å². The van der Waals surface area contributed by atoms with E-state index in [2.05, 4.69) is 20.1 Å². The first kappa shape index (κ1) is 7.15. The van der Waals surface area contributed by atoms with Crippen LogP contribution in [0.4, 0.5) is 0 Å². The molecule has 2 fully saturated rings. The minimum atomic E-state index is 0.675. The van der Waals surface area contributed by atoms with Crippen LogP contribution in [0.15, 0.2) is 24.3 Å². The van der Waals surface area contributed by atoms with E-state index in [-0.39, 0.29) is 0 Å². The zero-order valence-electron chi connectivity index (χ0n) is 7.27. The molecule has 0 aromatic heterocycles. The van der Waals surface area contributed by atoms with Gasteiger partial charge < -0.3 is 0 Å². The SMILES string of the molecule is C=C(C)C1C(=C)C2CCC1C2. The Labute approximate surface area is 69.0 Å². The van der Waals surface area contributed by atoms with Gasteiger partial charge in [-0.05, 0) is 38.0 Å². The van der Waals surface area contributed by atoms with Crippen LogP contribution in [0, 0.1) is 17.8 Å². The van der Waals surface area contributed by atoms with Crippen molar-refractivity contribution < 1.29 is 0 Å². The van der Waals surface area contributed by atoms with Gasteiger partial charge in [0, 0.05) is 5.92 Å². The second-order valence-electron chi connectivity index (χ2n) is 4.17. The minimum Gasteiger partial charge on any atom is -0.0995 e. The van der Waals surface area contributed by atoms with Gasteiger partial charge in [-0.2, -0.15) is 0 Å². The van der Waals surface area contributed by atoms with Crippen molar-refractivity contribution in [2.75, 3.05) is 0 Å². The van der Waals surface area contributed by atoms with Crippen molar-refractivity contribution in [3.63, 3.8) is 0 Å². The molecule has 3 atom stereocenters.